The number of hydrogen-bond donors (Lipinski definition) is 0. The van der Waals surface area contributed by atoms with Crippen molar-refractivity contribution in [1.29, 1.82) is 0 Å². The zero-order valence-corrected chi connectivity index (χ0v) is 19.3. The van der Waals surface area contributed by atoms with Crippen molar-refractivity contribution >= 4 is 10.8 Å². The van der Waals surface area contributed by atoms with Gasteiger partial charge in [-0.3, -0.25) is 0 Å². The van der Waals surface area contributed by atoms with Crippen molar-refractivity contribution in [2.45, 2.75) is 26.2 Å². The Hall–Kier alpha value is -4.15. The van der Waals surface area contributed by atoms with E-state index in [0.29, 0.717) is 17.7 Å². The lowest BCUT2D eigenvalue weighted by molar-refractivity contribution is 0.306. The fourth-order valence-corrected chi connectivity index (χ4v) is 3.51. The van der Waals surface area contributed by atoms with Crippen molar-refractivity contribution in [3.8, 4) is 29.4 Å². The van der Waals surface area contributed by atoms with Crippen molar-refractivity contribution in [3.63, 3.8) is 0 Å². The Bertz CT molecular complexity index is 1440. The van der Waals surface area contributed by atoms with E-state index in [2.05, 4.69) is 30.6 Å². The molecule has 4 rings (SSSR count). The van der Waals surface area contributed by atoms with Gasteiger partial charge in [-0.25, -0.2) is 13.2 Å². The Morgan fingerprint density at radius 3 is 2.00 bits per heavy atom. The summed E-state index contributed by atoms with van der Waals surface area (Å²) >= 11 is 0. The van der Waals surface area contributed by atoms with Gasteiger partial charge < -0.3 is 4.74 Å². The second-order valence-corrected chi connectivity index (χ2v) is 8.10. The first-order chi connectivity index (χ1) is 17.0. The van der Waals surface area contributed by atoms with Gasteiger partial charge in [-0.1, -0.05) is 55.6 Å². The summed E-state index contributed by atoms with van der Waals surface area (Å²) < 4.78 is 48.2. The van der Waals surface area contributed by atoms with Gasteiger partial charge in [0.05, 0.1) is 12.2 Å². The van der Waals surface area contributed by atoms with Crippen LogP contribution in [0.4, 0.5) is 13.2 Å². The smallest absolute Gasteiger partial charge is 0.143 e. The maximum atomic E-state index is 14.6. The molecule has 0 saturated heterocycles. The van der Waals surface area contributed by atoms with Crippen LogP contribution in [0.5, 0.6) is 5.75 Å². The highest BCUT2D eigenvalue weighted by Crippen LogP contribution is 2.18. The summed E-state index contributed by atoms with van der Waals surface area (Å²) in [6.45, 7) is 2.82. The van der Waals surface area contributed by atoms with Crippen molar-refractivity contribution < 1.29 is 17.9 Å². The fourth-order valence-electron chi connectivity index (χ4n) is 3.51. The molecule has 0 aliphatic heterocycles. The van der Waals surface area contributed by atoms with Crippen LogP contribution in [0, 0.1) is 41.1 Å². The van der Waals surface area contributed by atoms with Crippen LogP contribution < -0.4 is 4.74 Å². The molecule has 35 heavy (non-hydrogen) atoms. The molecule has 0 heterocycles. The molecule has 0 spiro atoms. The van der Waals surface area contributed by atoms with Crippen LogP contribution in [0.1, 0.15) is 48.4 Å². The molecule has 1 nitrogen and oxygen atoms in total. The quantitative estimate of drug-likeness (QED) is 0.216. The van der Waals surface area contributed by atoms with Crippen LogP contribution in [-0.2, 0) is 0 Å². The minimum Gasteiger partial charge on any atom is -0.494 e. The first-order valence-corrected chi connectivity index (χ1v) is 11.5. The van der Waals surface area contributed by atoms with Crippen LogP contribution in [-0.4, -0.2) is 6.61 Å². The van der Waals surface area contributed by atoms with Crippen LogP contribution in [0.2, 0.25) is 0 Å². The highest BCUT2D eigenvalue weighted by atomic mass is 19.1. The van der Waals surface area contributed by atoms with Gasteiger partial charge in [-0.15, -0.1) is 0 Å². The maximum absolute atomic E-state index is 14.6. The highest BCUT2D eigenvalue weighted by molar-refractivity contribution is 5.84. The summed E-state index contributed by atoms with van der Waals surface area (Å²) in [6.07, 6.45) is 3.28. The third kappa shape index (κ3) is 6.46. The molecular weight excluding hydrogens is 445 g/mol. The topological polar surface area (TPSA) is 9.23 Å². The molecule has 0 atom stereocenters. The summed E-state index contributed by atoms with van der Waals surface area (Å²) in [4.78, 5) is 0. The Kier molecular flexibility index (Phi) is 7.76. The Labute approximate surface area is 203 Å². The first-order valence-electron chi connectivity index (χ1n) is 11.5. The van der Waals surface area contributed by atoms with Gasteiger partial charge >= 0.3 is 0 Å². The summed E-state index contributed by atoms with van der Waals surface area (Å²) in [5, 5.41) is 1.52. The van der Waals surface area contributed by atoms with Gasteiger partial charge in [0.25, 0.3) is 0 Å². The van der Waals surface area contributed by atoms with Crippen molar-refractivity contribution in [3.05, 3.63) is 113 Å². The SMILES string of the molecule is CCCCCOc1ccc(C#Cc2cc(F)c(C#Cc3ccc4cc(F)ccc4c3)c(F)c2)cc1. The average Bonchev–Trinajstić information content (AvgIpc) is 2.85. The van der Waals surface area contributed by atoms with E-state index in [1.54, 1.807) is 24.3 Å². The van der Waals surface area contributed by atoms with Gasteiger partial charge in [0.15, 0.2) is 0 Å². The fraction of sp³-hybridized carbons (Fsp3) is 0.161. The second-order valence-electron chi connectivity index (χ2n) is 8.10. The van der Waals surface area contributed by atoms with E-state index in [0.717, 1.165) is 35.8 Å². The predicted octanol–water partition coefficient (Wildman–Crippen LogP) is 7.63. The highest BCUT2D eigenvalue weighted by Gasteiger charge is 2.08. The largest absolute Gasteiger partial charge is 0.494 e. The molecule has 0 N–H and O–H groups in total. The molecule has 0 amide bonds. The summed E-state index contributed by atoms with van der Waals surface area (Å²) in [7, 11) is 0. The number of unbranched alkanes of at least 4 members (excludes halogenated alkanes) is 2. The molecule has 0 bridgehead atoms. The molecule has 0 radical (unpaired) electrons. The molecule has 0 aromatic heterocycles. The monoisotopic (exact) mass is 468 g/mol. The van der Waals surface area contributed by atoms with Crippen LogP contribution in [0.15, 0.2) is 72.8 Å². The standard InChI is InChI=1S/C31H23F3O/c1-2-3-4-17-35-28-14-8-22(9-15-28)5-6-24-19-30(33)29(31(34)20-24)16-10-23-7-11-26-21-27(32)13-12-25(26)18-23/h7-9,11-15,18-21H,2-4,17H2,1H3. The van der Waals surface area contributed by atoms with E-state index in [1.807, 2.05) is 24.3 Å². The van der Waals surface area contributed by atoms with Crippen LogP contribution in [0.25, 0.3) is 10.8 Å². The molecule has 4 heteroatoms. The van der Waals surface area contributed by atoms with Crippen molar-refractivity contribution in [2.75, 3.05) is 6.61 Å². The number of rotatable bonds is 5. The first kappa shape index (κ1) is 24.0. The average molecular weight is 469 g/mol. The van der Waals surface area contributed by atoms with E-state index in [1.165, 1.54) is 24.3 Å². The van der Waals surface area contributed by atoms with Crippen molar-refractivity contribution in [2.24, 2.45) is 0 Å². The normalized spacial score (nSPS) is 10.3. The lowest BCUT2D eigenvalue weighted by Gasteiger charge is -2.05. The molecule has 4 aromatic rings. The molecule has 0 saturated carbocycles. The Morgan fingerprint density at radius 2 is 1.26 bits per heavy atom. The summed E-state index contributed by atoms with van der Waals surface area (Å²) in [5.41, 5.74) is 1.19. The third-order valence-electron chi connectivity index (χ3n) is 5.40. The number of hydrogen-bond acceptors (Lipinski definition) is 1. The number of halogens is 3. The van der Waals surface area contributed by atoms with Gasteiger partial charge in [0, 0.05) is 16.7 Å². The minimum atomic E-state index is -0.777. The van der Waals surface area contributed by atoms with E-state index >= 15 is 0 Å². The lowest BCUT2D eigenvalue weighted by Crippen LogP contribution is -1.96. The molecule has 0 aliphatic rings. The summed E-state index contributed by atoms with van der Waals surface area (Å²) in [6, 6.07) is 19.2. The van der Waals surface area contributed by atoms with Gasteiger partial charge in [-0.05, 0) is 77.9 Å². The van der Waals surface area contributed by atoms with E-state index < -0.39 is 11.6 Å². The molecule has 174 valence electrons. The molecule has 0 aliphatic carbocycles. The maximum Gasteiger partial charge on any atom is 0.143 e. The lowest BCUT2D eigenvalue weighted by atomic mass is 10.1. The van der Waals surface area contributed by atoms with Gasteiger partial charge in [-0.2, -0.15) is 0 Å². The summed E-state index contributed by atoms with van der Waals surface area (Å²) in [5.74, 6) is 9.95. The molecular formula is C31H23F3O. The molecule has 4 aromatic carbocycles. The van der Waals surface area contributed by atoms with E-state index in [4.69, 9.17) is 4.74 Å². The van der Waals surface area contributed by atoms with E-state index in [-0.39, 0.29) is 16.9 Å². The zero-order chi connectivity index (χ0) is 24.6. The number of benzene rings is 4. The van der Waals surface area contributed by atoms with Crippen LogP contribution in [0.3, 0.4) is 0 Å². The number of ether oxygens (including phenoxy) is 1. The zero-order valence-electron chi connectivity index (χ0n) is 19.3. The number of fused-ring (bicyclic) bond motifs is 1. The van der Waals surface area contributed by atoms with Crippen LogP contribution >= 0.6 is 0 Å². The molecule has 0 fully saturated rings. The third-order valence-corrected chi connectivity index (χ3v) is 5.40. The van der Waals surface area contributed by atoms with E-state index in [9.17, 15) is 13.2 Å². The molecule has 0 unspecified atom stereocenters. The van der Waals surface area contributed by atoms with Gasteiger partial charge in [0.2, 0.25) is 0 Å². The Morgan fingerprint density at radius 1 is 0.629 bits per heavy atom. The minimum absolute atomic E-state index is 0.221. The predicted molar refractivity (Wildman–Crippen MR) is 134 cm³/mol. The Balaban J connectivity index is 1.47. The second kappa shape index (κ2) is 11.3. The van der Waals surface area contributed by atoms with Gasteiger partial charge in [0.1, 0.15) is 23.2 Å². The van der Waals surface area contributed by atoms with Crippen molar-refractivity contribution in [1.82, 2.24) is 0 Å².